The Morgan fingerprint density at radius 2 is 0.650 bits per heavy atom. The summed E-state index contributed by atoms with van der Waals surface area (Å²) >= 11 is 0. The highest BCUT2D eigenvalue weighted by atomic mass is 16.8. The summed E-state index contributed by atoms with van der Waals surface area (Å²) in [6, 6.07) is -1.00. The van der Waals surface area contributed by atoms with Gasteiger partial charge in [-0.25, -0.2) is 0 Å². The number of nitrogens with one attached hydrogen (secondary N) is 1. The minimum absolute atomic E-state index is 0.230. The molecule has 0 aromatic rings. The molecule has 3 rings (SSSR count). The molecular weight excluding hydrogens is 1310 g/mol. The van der Waals surface area contributed by atoms with Crippen molar-refractivity contribution in [1.29, 1.82) is 0 Å². The largest absolute Gasteiger partial charge is 0.394 e. The van der Waals surface area contributed by atoms with Crippen molar-refractivity contribution in [3.05, 3.63) is 60.8 Å². The Kier molecular flexibility index (Phi) is 59.1. The van der Waals surface area contributed by atoms with Crippen LogP contribution in [0.5, 0.6) is 0 Å². The summed E-state index contributed by atoms with van der Waals surface area (Å²) in [6.45, 7) is 1.74. The van der Waals surface area contributed by atoms with Crippen LogP contribution in [0.15, 0.2) is 60.8 Å². The number of aliphatic hydroxyl groups excluding tert-OH is 11. The van der Waals surface area contributed by atoms with Crippen molar-refractivity contribution < 1.29 is 89.4 Å². The second kappa shape index (κ2) is 64.3. The van der Waals surface area contributed by atoms with Gasteiger partial charge in [-0.3, -0.25) is 4.79 Å². The number of rotatable bonds is 67. The summed E-state index contributed by atoms with van der Waals surface area (Å²) in [4.78, 5) is 13.5. The van der Waals surface area contributed by atoms with Gasteiger partial charge in [-0.1, -0.05) is 312 Å². The van der Waals surface area contributed by atoms with Crippen LogP contribution < -0.4 is 5.32 Å². The van der Waals surface area contributed by atoms with Gasteiger partial charge in [0.2, 0.25) is 5.91 Å². The normalized spacial score (nSPS) is 26.3. The van der Waals surface area contributed by atoms with Crippen LogP contribution in [0, 0.1) is 0 Å². The van der Waals surface area contributed by atoms with E-state index < -0.39 is 124 Å². The first kappa shape index (κ1) is 94.7. The molecule has 0 aliphatic carbocycles. The predicted octanol–water partition coefficient (Wildman–Crippen LogP) is 14.6. The Hall–Kier alpha value is -2.51. The zero-order chi connectivity index (χ0) is 74.6. The zero-order valence-electron chi connectivity index (χ0n) is 64.5. The first-order chi connectivity index (χ1) is 50.3. The summed E-state index contributed by atoms with van der Waals surface area (Å²) in [5, 5.41) is 121. The van der Waals surface area contributed by atoms with Gasteiger partial charge in [0.05, 0.1) is 38.6 Å². The minimum atomic E-state index is -1.99. The molecule has 1 amide bonds. The van der Waals surface area contributed by atoms with Gasteiger partial charge < -0.3 is 89.9 Å². The number of ether oxygens (including phenoxy) is 6. The molecule has 0 saturated carbocycles. The summed E-state index contributed by atoms with van der Waals surface area (Å²) < 4.78 is 34.4. The molecule has 19 nitrogen and oxygen atoms in total. The Balaban J connectivity index is 1.38. The Morgan fingerprint density at radius 1 is 0.350 bits per heavy atom. The van der Waals surface area contributed by atoms with Crippen LogP contribution in [0.1, 0.15) is 335 Å². The van der Waals surface area contributed by atoms with Crippen molar-refractivity contribution in [2.75, 3.05) is 26.4 Å². The lowest BCUT2D eigenvalue weighted by molar-refractivity contribution is -0.379. The predicted molar refractivity (Wildman–Crippen MR) is 411 cm³/mol. The zero-order valence-corrected chi connectivity index (χ0v) is 64.5. The van der Waals surface area contributed by atoms with Gasteiger partial charge in [0.1, 0.15) is 73.2 Å². The molecule has 3 aliphatic heterocycles. The van der Waals surface area contributed by atoms with Crippen molar-refractivity contribution in [3.63, 3.8) is 0 Å². The molecule has 3 fully saturated rings. The fraction of sp³-hybridized carbons (Fsp3) is 0.869. The highest BCUT2D eigenvalue weighted by molar-refractivity contribution is 5.76. The number of hydrogen-bond acceptors (Lipinski definition) is 18. The molecule has 3 saturated heterocycles. The maximum atomic E-state index is 13.5. The number of aliphatic hydroxyl groups is 11. The Bertz CT molecular complexity index is 2090. The maximum Gasteiger partial charge on any atom is 0.220 e. The van der Waals surface area contributed by atoms with Crippen LogP contribution in [0.2, 0.25) is 0 Å². The standard InChI is InChI=1S/C84H153NO18/c1-3-5-7-9-11-13-15-17-19-21-23-25-27-29-30-31-32-33-34-35-36-38-39-41-43-45-47-49-51-53-55-57-59-61-68(89)67(85-72(90)62-60-58-56-54-52-50-48-46-44-42-40-37-28-26-24-22-20-18-16-14-12-10-8-6-4-2)66-98-82-78(96)75(93)80(70(64-87)100-82)103-84-79(97)76(94)81(71(65-88)101-84)102-83-77(95)74(92)73(91)69(63-86)99-83/h16,18,22,24,43,45,51,53,59,61,67-71,73-84,86-89,91-97H,3-15,17,19-21,23,25-42,44,46-50,52,54-58,60,62-66H2,1-2H3,(H,85,90)/b18-16-,24-22-,45-43+,53-51+,61-59+. The molecule has 0 spiro atoms. The van der Waals surface area contributed by atoms with Crippen LogP contribution >= 0.6 is 0 Å². The van der Waals surface area contributed by atoms with Gasteiger partial charge in [0.15, 0.2) is 18.9 Å². The van der Waals surface area contributed by atoms with E-state index in [0.717, 1.165) is 51.4 Å². The SMILES string of the molecule is CCCCCCC/C=C\C/C=C\CCCCCCCCCCCCCCCC(=O)NC(COC1OC(CO)C(OC2OC(CO)C(OC3OC(CO)C(O)C(O)C3O)C(O)C2O)C(O)C1O)C(O)/C=C/CC/C=C/CC/C=C/CCCCCCCCCCCCCCCCCCCCCCCCC. The average molecular weight is 1470 g/mol. The van der Waals surface area contributed by atoms with E-state index in [0.29, 0.717) is 12.8 Å². The molecule has 17 atom stereocenters. The number of unbranched alkanes of at least 4 members (excludes halogenated alkanes) is 43. The van der Waals surface area contributed by atoms with Crippen LogP contribution in [0.3, 0.4) is 0 Å². The second-order valence-electron chi connectivity index (χ2n) is 29.9. The first-order valence-electron chi connectivity index (χ1n) is 42.0. The second-order valence-corrected chi connectivity index (χ2v) is 29.9. The van der Waals surface area contributed by atoms with Crippen LogP contribution in [-0.2, 0) is 33.2 Å². The van der Waals surface area contributed by atoms with E-state index in [-0.39, 0.29) is 18.9 Å². The van der Waals surface area contributed by atoms with E-state index in [1.165, 1.54) is 250 Å². The van der Waals surface area contributed by atoms with E-state index in [1.807, 2.05) is 6.08 Å². The lowest BCUT2D eigenvalue weighted by Gasteiger charge is -2.48. The van der Waals surface area contributed by atoms with Crippen LogP contribution in [0.25, 0.3) is 0 Å². The summed E-state index contributed by atoms with van der Waals surface area (Å²) in [7, 11) is 0. The van der Waals surface area contributed by atoms with Gasteiger partial charge in [0.25, 0.3) is 0 Å². The molecule has 19 heteroatoms. The maximum absolute atomic E-state index is 13.5. The van der Waals surface area contributed by atoms with E-state index in [1.54, 1.807) is 6.08 Å². The van der Waals surface area contributed by atoms with E-state index in [4.69, 9.17) is 28.4 Å². The molecule has 3 heterocycles. The summed E-state index contributed by atoms with van der Waals surface area (Å²) in [5.74, 6) is -0.288. The quantitative estimate of drug-likeness (QED) is 0.0199. The summed E-state index contributed by atoms with van der Waals surface area (Å²) in [6.07, 6.45) is 56.5. The number of carbonyl (C=O) groups excluding carboxylic acids is 1. The third kappa shape index (κ3) is 44.1. The van der Waals surface area contributed by atoms with Crippen molar-refractivity contribution in [2.45, 2.75) is 439 Å². The van der Waals surface area contributed by atoms with Gasteiger partial charge in [0, 0.05) is 6.42 Å². The van der Waals surface area contributed by atoms with Crippen LogP contribution in [-0.4, -0.2) is 193 Å². The third-order valence-corrected chi connectivity index (χ3v) is 20.8. The molecule has 3 aliphatic rings. The fourth-order valence-electron chi connectivity index (χ4n) is 14.0. The first-order valence-corrected chi connectivity index (χ1v) is 42.0. The molecule has 103 heavy (non-hydrogen) atoms. The smallest absolute Gasteiger partial charge is 0.220 e. The number of allylic oxidation sites excluding steroid dienone is 9. The fourth-order valence-corrected chi connectivity index (χ4v) is 14.0. The molecular formula is C84H153NO18. The Labute approximate surface area is 624 Å². The Morgan fingerprint density at radius 3 is 1.03 bits per heavy atom. The number of amides is 1. The molecule has 0 bridgehead atoms. The van der Waals surface area contributed by atoms with Crippen molar-refractivity contribution in [2.24, 2.45) is 0 Å². The molecule has 12 N–H and O–H groups in total. The molecule has 0 radical (unpaired) electrons. The number of carbonyl (C=O) groups is 1. The topological polar surface area (TPSA) is 307 Å². The van der Waals surface area contributed by atoms with Gasteiger partial charge in [-0.05, 0) is 77.0 Å². The molecule has 17 unspecified atom stereocenters. The molecule has 602 valence electrons. The van der Waals surface area contributed by atoms with E-state index >= 15 is 0 Å². The third-order valence-electron chi connectivity index (χ3n) is 20.8. The lowest BCUT2D eigenvalue weighted by Crippen LogP contribution is -2.66. The lowest BCUT2D eigenvalue weighted by atomic mass is 9.96. The van der Waals surface area contributed by atoms with Crippen molar-refractivity contribution >= 4 is 5.91 Å². The van der Waals surface area contributed by atoms with E-state index in [2.05, 4.69) is 67.8 Å². The van der Waals surface area contributed by atoms with Gasteiger partial charge >= 0.3 is 0 Å². The van der Waals surface area contributed by atoms with Crippen LogP contribution in [0.4, 0.5) is 0 Å². The highest BCUT2D eigenvalue weighted by Crippen LogP contribution is 2.33. The van der Waals surface area contributed by atoms with Gasteiger partial charge in [-0.2, -0.15) is 0 Å². The molecule has 0 aromatic carbocycles. The van der Waals surface area contributed by atoms with Crippen molar-refractivity contribution in [3.8, 4) is 0 Å². The molecule has 0 aromatic heterocycles. The monoisotopic (exact) mass is 1460 g/mol. The number of hydrogen-bond donors (Lipinski definition) is 12. The summed E-state index contributed by atoms with van der Waals surface area (Å²) in [5.41, 5.74) is 0. The van der Waals surface area contributed by atoms with E-state index in [9.17, 15) is 61.0 Å². The minimum Gasteiger partial charge on any atom is -0.394 e. The average Bonchev–Trinajstić information content (AvgIpc) is 0.781. The van der Waals surface area contributed by atoms with Crippen molar-refractivity contribution in [1.82, 2.24) is 5.32 Å². The highest BCUT2D eigenvalue weighted by Gasteiger charge is 2.54. The van der Waals surface area contributed by atoms with Gasteiger partial charge in [-0.15, -0.1) is 0 Å².